The van der Waals surface area contributed by atoms with Crippen molar-refractivity contribution in [3.63, 3.8) is 0 Å². The van der Waals surface area contributed by atoms with Crippen molar-refractivity contribution in [2.45, 2.75) is 43.4 Å². The van der Waals surface area contributed by atoms with Gasteiger partial charge in [-0.2, -0.15) is 0 Å². The monoisotopic (exact) mass is 317 g/mol. The molecule has 0 aromatic carbocycles. The van der Waals surface area contributed by atoms with Crippen LogP contribution in [0, 0.1) is 17.3 Å². The van der Waals surface area contributed by atoms with E-state index in [1.165, 1.54) is 0 Å². The third-order valence-corrected chi connectivity index (χ3v) is 7.24. The van der Waals surface area contributed by atoms with Gasteiger partial charge in [-0.3, -0.25) is 4.79 Å². The molecule has 0 aromatic heterocycles. The molecule has 5 rings (SSSR count). The number of methoxy groups -OCH3 is 1. The Hall–Kier alpha value is -1.33. The number of rotatable bonds is 1. The van der Waals surface area contributed by atoms with Crippen LogP contribution in [0.3, 0.4) is 0 Å². The summed E-state index contributed by atoms with van der Waals surface area (Å²) >= 11 is 0. The normalized spacial score (nSPS) is 50.7. The number of piperidine rings is 1. The van der Waals surface area contributed by atoms with Crippen molar-refractivity contribution in [2.24, 2.45) is 17.3 Å². The van der Waals surface area contributed by atoms with Crippen LogP contribution in [0.1, 0.15) is 25.7 Å². The van der Waals surface area contributed by atoms with Gasteiger partial charge in [-0.1, -0.05) is 6.08 Å². The third kappa shape index (κ3) is 1.36. The molecule has 23 heavy (non-hydrogen) atoms. The summed E-state index contributed by atoms with van der Waals surface area (Å²) < 4.78 is 11.7. The predicted molar refractivity (Wildman–Crippen MR) is 82.3 cm³/mol. The van der Waals surface area contributed by atoms with E-state index in [9.17, 15) is 9.90 Å². The largest absolute Gasteiger partial charge is 0.493 e. The molecule has 2 saturated heterocycles. The first kappa shape index (κ1) is 14.1. The van der Waals surface area contributed by atoms with Crippen LogP contribution in [-0.2, 0) is 14.3 Å². The van der Waals surface area contributed by atoms with E-state index in [2.05, 4.69) is 18.0 Å². The summed E-state index contributed by atoms with van der Waals surface area (Å²) in [4.78, 5) is 15.0. The molecule has 0 aromatic rings. The number of carbonyl (C=O) groups is 1. The highest BCUT2D eigenvalue weighted by Crippen LogP contribution is 2.69. The van der Waals surface area contributed by atoms with Gasteiger partial charge in [0.05, 0.1) is 18.1 Å². The smallest absolute Gasteiger partial charge is 0.174 e. The van der Waals surface area contributed by atoms with Crippen LogP contribution in [0.25, 0.3) is 0 Å². The fourth-order valence-electron chi connectivity index (χ4n) is 6.30. The summed E-state index contributed by atoms with van der Waals surface area (Å²) in [7, 11) is 3.74. The van der Waals surface area contributed by atoms with E-state index in [1.54, 1.807) is 7.11 Å². The zero-order chi connectivity index (χ0) is 16.0. The Morgan fingerprint density at radius 1 is 1.43 bits per heavy atom. The van der Waals surface area contributed by atoms with Gasteiger partial charge in [0.15, 0.2) is 17.6 Å². The van der Waals surface area contributed by atoms with Crippen molar-refractivity contribution in [1.29, 1.82) is 0 Å². The van der Waals surface area contributed by atoms with Gasteiger partial charge in [-0.15, -0.1) is 0 Å². The van der Waals surface area contributed by atoms with Crippen LogP contribution in [0.2, 0.25) is 0 Å². The van der Waals surface area contributed by atoms with Crippen LogP contribution in [-0.4, -0.2) is 54.2 Å². The van der Waals surface area contributed by atoms with Crippen LogP contribution >= 0.6 is 0 Å². The molecule has 124 valence electrons. The molecule has 1 spiro atoms. The molecule has 3 aliphatic carbocycles. The molecule has 1 N–H and O–H groups in total. The van der Waals surface area contributed by atoms with Gasteiger partial charge in [0, 0.05) is 18.4 Å². The first-order valence-corrected chi connectivity index (χ1v) is 8.61. The number of likely N-dealkylation sites (tertiary alicyclic amines) is 1. The summed E-state index contributed by atoms with van der Waals surface area (Å²) in [5.41, 5.74) is -1.32. The van der Waals surface area contributed by atoms with Gasteiger partial charge in [0.25, 0.3) is 0 Å². The topological polar surface area (TPSA) is 59.0 Å². The zero-order valence-corrected chi connectivity index (χ0v) is 13.6. The third-order valence-electron chi connectivity index (χ3n) is 7.24. The van der Waals surface area contributed by atoms with E-state index in [0.29, 0.717) is 18.8 Å². The van der Waals surface area contributed by atoms with E-state index in [-0.39, 0.29) is 17.7 Å². The van der Waals surface area contributed by atoms with E-state index in [1.807, 2.05) is 6.08 Å². The number of Topliss-reactive ketones (excluding diaryl/α,β-unsaturated/α-hetero) is 1. The molecule has 5 aliphatic rings. The number of ether oxygens (including phenoxy) is 2. The fraction of sp³-hybridized carbons (Fsp3) is 0.722. The van der Waals surface area contributed by atoms with Gasteiger partial charge in [-0.25, -0.2) is 0 Å². The van der Waals surface area contributed by atoms with Gasteiger partial charge >= 0.3 is 0 Å². The Labute approximate surface area is 135 Å². The average molecular weight is 317 g/mol. The number of aliphatic hydroxyl groups is 1. The summed E-state index contributed by atoms with van der Waals surface area (Å²) in [6.45, 7) is 0.905. The van der Waals surface area contributed by atoms with Crippen molar-refractivity contribution < 1.29 is 19.4 Å². The van der Waals surface area contributed by atoms with Gasteiger partial charge in [-0.05, 0) is 44.8 Å². The minimum absolute atomic E-state index is 0.0756. The molecule has 2 heterocycles. The fourth-order valence-corrected chi connectivity index (χ4v) is 6.30. The molecular formula is C18H23NO4. The van der Waals surface area contributed by atoms with Crippen molar-refractivity contribution in [1.82, 2.24) is 4.90 Å². The molecule has 2 bridgehead atoms. The Balaban J connectivity index is 1.76. The number of allylic oxidation sites excluding steroid dienone is 3. The standard InChI is InChI=1S/C18H23NO4/c1-19-8-7-17-14-10-3-4-12(22-2)15(14)23-16(17)11(20)5-6-18(17,21)13(19)9-10/h3-4,10,13-14,16,21H,5-9H2,1-2H3/t10?,13-,14?,16+,17+,18-/m1/s1. The maximum atomic E-state index is 12.7. The highest BCUT2D eigenvalue weighted by molar-refractivity contribution is 5.87. The Kier molecular flexibility index (Phi) is 2.56. The molecule has 6 atom stereocenters. The Morgan fingerprint density at radius 2 is 2.26 bits per heavy atom. The average Bonchev–Trinajstić information content (AvgIpc) is 2.90. The van der Waals surface area contributed by atoms with E-state index < -0.39 is 17.1 Å². The first-order chi connectivity index (χ1) is 11.0. The minimum Gasteiger partial charge on any atom is -0.493 e. The quantitative estimate of drug-likeness (QED) is 0.788. The molecule has 0 amide bonds. The van der Waals surface area contributed by atoms with Crippen molar-refractivity contribution in [3.05, 3.63) is 23.7 Å². The second-order valence-electron chi connectivity index (χ2n) is 7.84. The summed E-state index contributed by atoms with van der Waals surface area (Å²) in [5, 5.41) is 11.8. The minimum atomic E-state index is -0.842. The number of ketones is 1. The SMILES string of the molecule is COC1=C2O[C@H]3C(=O)CC[C@@]4(O)[C@H]5CC(C=C1)C2[C@@]34CCN5C. The molecule has 2 unspecified atom stereocenters. The van der Waals surface area contributed by atoms with Crippen molar-refractivity contribution >= 4 is 5.78 Å². The van der Waals surface area contributed by atoms with E-state index in [0.717, 1.165) is 30.9 Å². The van der Waals surface area contributed by atoms with Crippen molar-refractivity contribution in [3.8, 4) is 0 Å². The van der Waals surface area contributed by atoms with E-state index in [4.69, 9.17) is 9.47 Å². The van der Waals surface area contributed by atoms with E-state index >= 15 is 0 Å². The number of hydrogen-bond donors (Lipinski definition) is 1. The zero-order valence-electron chi connectivity index (χ0n) is 13.6. The summed E-state index contributed by atoms with van der Waals surface area (Å²) in [6.07, 6.45) is 6.37. The maximum absolute atomic E-state index is 12.7. The van der Waals surface area contributed by atoms with Gasteiger partial charge in [0.2, 0.25) is 0 Å². The molecule has 0 radical (unpaired) electrons. The second kappa shape index (κ2) is 4.19. The first-order valence-electron chi connectivity index (χ1n) is 8.61. The lowest BCUT2D eigenvalue weighted by Crippen LogP contribution is -2.76. The maximum Gasteiger partial charge on any atom is 0.174 e. The lowest BCUT2D eigenvalue weighted by atomic mass is 9.44. The molecule has 4 fully saturated rings. The molecule has 5 heteroatoms. The van der Waals surface area contributed by atoms with Crippen LogP contribution in [0.4, 0.5) is 0 Å². The summed E-state index contributed by atoms with van der Waals surface area (Å²) in [6, 6.07) is 0.102. The highest BCUT2D eigenvalue weighted by Gasteiger charge is 2.76. The lowest BCUT2D eigenvalue weighted by Gasteiger charge is -2.65. The second-order valence-corrected chi connectivity index (χ2v) is 7.84. The summed E-state index contributed by atoms with van der Waals surface area (Å²) in [5.74, 6) is 2.07. The molecule has 5 nitrogen and oxygen atoms in total. The van der Waals surface area contributed by atoms with Crippen LogP contribution < -0.4 is 0 Å². The Bertz CT molecular complexity index is 655. The number of carbonyl (C=O) groups excluding carboxylic acids is 1. The van der Waals surface area contributed by atoms with Gasteiger partial charge < -0.3 is 19.5 Å². The predicted octanol–water partition coefficient (Wildman–Crippen LogP) is 1.23. The Morgan fingerprint density at radius 3 is 3.04 bits per heavy atom. The molecule has 2 aliphatic heterocycles. The highest BCUT2D eigenvalue weighted by atomic mass is 16.5. The van der Waals surface area contributed by atoms with Crippen LogP contribution in [0.15, 0.2) is 23.7 Å². The number of nitrogens with zero attached hydrogens (tertiary/aromatic N) is 1. The van der Waals surface area contributed by atoms with Gasteiger partial charge in [0.1, 0.15) is 5.76 Å². The number of hydrogen-bond acceptors (Lipinski definition) is 5. The lowest BCUT2D eigenvalue weighted by molar-refractivity contribution is -0.240. The van der Waals surface area contributed by atoms with Crippen LogP contribution in [0.5, 0.6) is 0 Å². The molecular weight excluding hydrogens is 294 g/mol. The number of likely N-dealkylation sites (N-methyl/N-ethyl adjacent to an activating group) is 1. The van der Waals surface area contributed by atoms with Crippen molar-refractivity contribution in [2.75, 3.05) is 20.7 Å². The molecule has 2 saturated carbocycles.